The molecule has 4 aromatic rings. The van der Waals surface area contributed by atoms with Gasteiger partial charge in [-0.1, -0.05) is 11.6 Å². The molecule has 2 aromatic carbocycles. The maximum Gasteiger partial charge on any atom is 0.573 e. The summed E-state index contributed by atoms with van der Waals surface area (Å²) >= 11 is 5.81. The molecule has 206 valence electrons. The van der Waals surface area contributed by atoms with Crippen LogP contribution in [0, 0.1) is 11.3 Å². The lowest BCUT2D eigenvalue weighted by atomic mass is 10.2. The third-order valence-corrected chi connectivity index (χ3v) is 7.29. The summed E-state index contributed by atoms with van der Waals surface area (Å²) in [5.41, 5.74) is 5.56. The molecule has 0 fully saturated rings. The van der Waals surface area contributed by atoms with Crippen molar-refractivity contribution < 1.29 is 31.1 Å². The predicted octanol–water partition coefficient (Wildman–Crippen LogP) is 3.99. The molecular formula is C24H17ClF3N7O4S. The van der Waals surface area contributed by atoms with Crippen LogP contribution in [0.5, 0.6) is 5.75 Å². The van der Waals surface area contributed by atoms with Crippen molar-refractivity contribution in [1.82, 2.24) is 25.1 Å². The zero-order chi connectivity index (χ0) is 29.2. The zero-order valence-corrected chi connectivity index (χ0v) is 21.8. The molecule has 2 aromatic heterocycles. The average molecular weight is 592 g/mol. The standard InChI is InChI=1S/C24H17ClF3N7O4S/c1-13(21-33-23(30)34-35(21)20-7-2-14(11-29)12-31-20)32-22(36)15-8-17(39-24(26,27)28)10-19(9-15)40(37,38)18-5-3-16(25)4-6-18/h2-10,12-13H,1H3,(H2,30,34)(H,32,36)/t13-/m0/s1. The van der Waals surface area contributed by atoms with Crippen LogP contribution in [0.2, 0.25) is 5.02 Å². The number of nitriles is 1. The largest absolute Gasteiger partial charge is 0.573 e. The Morgan fingerprint density at radius 1 is 1.15 bits per heavy atom. The van der Waals surface area contributed by atoms with Crippen LogP contribution < -0.4 is 15.8 Å². The lowest BCUT2D eigenvalue weighted by molar-refractivity contribution is -0.274. The van der Waals surface area contributed by atoms with Crippen molar-refractivity contribution in [3.05, 3.63) is 82.8 Å². The Balaban J connectivity index is 1.69. The number of hydrogen-bond acceptors (Lipinski definition) is 9. The number of carbonyl (C=O) groups excluding carboxylic acids is 1. The number of pyridine rings is 1. The van der Waals surface area contributed by atoms with Crippen molar-refractivity contribution in [3.8, 4) is 17.6 Å². The van der Waals surface area contributed by atoms with Crippen molar-refractivity contribution in [2.75, 3.05) is 5.73 Å². The highest BCUT2D eigenvalue weighted by atomic mass is 35.5. The number of nitrogen functional groups attached to an aromatic ring is 1. The number of benzene rings is 2. The number of alkyl halides is 3. The number of carbonyl (C=O) groups is 1. The molecule has 11 nitrogen and oxygen atoms in total. The molecule has 16 heteroatoms. The first kappa shape index (κ1) is 28.3. The van der Waals surface area contributed by atoms with Crippen LogP contribution in [0.3, 0.4) is 0 Å². The maximum absolute atomic E-state index is 13.2. The molecule has 0 radical (unpaired) electrons. The number of nitrogens with zero attached hydrogens (tertiary/aromatic N) is 5. The number of anilines is 1. The van der Waals surface area contributed by atoms with Gasteiger partial charge in [0.1, 0.15) is 11.8 Å². The van der Waals surface area contributed by atoms with E-state index >= 15 is 0 Å². The van der Waals surface area contributed by atoms with Gasteiger partial charge < -0.3 is 15.8 Å². The van der Waals surface area contributed by atoms with E-state index in [1.54, 1.807) is 0 Å². The molecule has 0 bridgehead atoms. The second-order valence-electron chi connectivity index (χ2n) is 8.15. The summed E-state index contributed by atoms with van der Waals surface area (Å²) in [5.74, 6) is -1.72. The first-order valence-electron chi connectivity index (χ1n) is 11.1. The molecule has 40 heavy (non-hydrogen) atoms. The van der Waals surface area contributed by atoms with E-state index in [2.05, 4.69) is 25.1 Å². The molecule has 0 saturated carbocycles. The Bertz CT molecular complexity index is 1720. The van der Waals surface area contributed by atoms with Crippen molar-refractivity contribution in [1.29, 1.82) is 5.26 Å². The molecule has 1 amide bonds. The number of amides is 1. The fourth-order valence-corrected chi connectivity index (χ4v) is 4.96. The van der Waals surface area contributed by atoms with Gasteiger partial charge in [0.2, 0.25) is 15.8 Å². The molecular weight excluding hydrogens is 575 g/mol. The number of rotatable bonds is 7. The summed E-state index contributed by atoms with van der Waals surface area (Å²) in [6, 6.07) is 11.2. The van der Waals surface area contributed by atoms with Gasteiger partial charge in [0, 0.05) is 16.8 Å². The van der Waals surface area contributed by atoms with E-state index < -0.39 is 44.4 Å². The molecule has 2 heterocycles. The number of aromatic nitrogens is 4. The number of sulfone groups is 1. The van der Waals surface area contributed by atoms with E-state index in [-0.39, 0.29) is 33.1 Å². The smallest absolute Gasteiger partial charge is 0.406 e. The van der Waals surface area contributed by atoms with Crippen LogP contribution in [0.15, 0.2) is 70.6 Å². The summed E-state index contributed by atoms with van der Waals surface area (Å²) < 4.78 is 70.5. The van der Waals surface area contributed by atoms with Gasteiger partial charge in [0.05, 0.1) is 21.4 Å². The third-order valence-electron chi connectivity index (χ3n) is 5.29. The summed E-state index contributed by atoms with van der Waals surface area (Å²) in [7, 11) is -4.38. The Morgan fingerprint density at radius 3 is 2.45 bits per heavy atom. The SMILES string of the molecule is C[C@H](NC(=O)c1cc(OC(F)(F)F)cc(S(=O)(=O)c2ccc(Cl)cc2)c1)c1nc(N)nn1-c1ccc(C#N)cn1. The van der Waals surface area contributed by atoms with E-state index in [4.69, 9.17) is 22.6 Å². The topological polar surface area (TPSA) is 166 Å². The lowest BCUT2D eigenvalue weighted by Crippen LogP contribution is -2.29. The van der Waals surface area contributed by atoms with Gasteiger partial charge in [-0.25, -0.2) is 13.4 Å². The third kappa shape index (κ3) is 6.30. The first-order valence-corrected chi connectivity index (χ1v) is 12.9. The molecule has 0 spiro atoms. The molecule has 4 rings (SSSR count). The summed E-state index contributed by atoms with van der Waals surface area (Å²) in [6.45, 7) is 1.49. The molecule has 0 aliphatic rings. The summed E-state index contributed by atoms with van der Waals surface area (Å²) in [6.07, 6.45) is -3.87. The van der Waals surface area contributed by atoms with Crippen LogP contribution >= 0.6 is 11.6 Å². The quantitative estimate of drug-likeness (QED) is 0.323. The molecule has 0 saturated heterocycles. The highest BCUT2D eigenvalue weighted by Gasteiger charge is 2.33. The Labute approximate surface area is 229 Å². The monoisotopic (exact) mass is 591 g/mol. The Hall–Kier alpha value is -4.68. The lowest BCUT2D eigenvalue weighted by Gasteiger charge is -2.16. The molecule has 0 aliphatic carbocycles. The second kappa shape index (κ2) is 10.8. The highest BCUT2D eigenvalue weighted by Crippen LogP contribution is 2.30. The van der Waals surface area contributed by atoms with Crippen molar-refractivity contribution >= 4 is 33.3 Å². The number of hydrogen-bond donors (Lipinski definition) is 2. The first-order chi connectivity index (χ1) is 18.8. The molecule has 0 unspecified atom stereocenters. The van der Waals surface area contributed by atoms with Crippen molar-refractivity contribution in [2.24, 2.45) is 0 Å². The Kier molecular flexibility index (Phi) is 7.67. The van der Waals surface area contributed by atoms with Crippen LogP contribution in [0.25, 0.3) is 5.82 Å². The van der Waals surface area contributed by atoms with Crippen LogP contribution in [0.1, 0.15) is 34.7 Å². The van der Waals surface area contributed by atoms with E-state index in [1.165, 1.54) is 54.2 Å². The molecule has 3 N–H and O–H groups in total. The fourth-order valence-electron chi connectivity index (χ4n) is 3.51. The predicted molar refractivity (Wildman–Crippen MR) is 134 cm³/mol. The van der Waals surface area contributed by atoms with E-state index in [9.17, 15) is 26.4 Å². The number of halogens is 4. The maximum atomic E-state index is 13.2. The van der Waals surface area contributed by atoms with Crippen molar-refractivity contribution in [2.45, 2.75) is 29.1 Å². The molecule has 1 atom stereocenters. The van der Waals surface area contributed by atoms with Gasteiger partial charge in [0.25, 0.3) is 5.91 Å². The number of ether oxygens (including phenoxy) is 1. The minimum absolute atomic E-state index is 0.0970. The van der Waals surface area contributed by atoms with Crippen LogP contribution in [-0.4, -0.2) is 40.4 Å². The van der Waals surface area contributed by atoms with E-state index in [0.29, 0.717) is 6.07 Å². The van der Waals surface area contributed by atoms with E-state index in [1.807, 2.05) is 6.07 Å². The minimum atomic E-state index is -5.16. The number of nitrogens with one attached hydrogen (secondary N) is 1. The normalized spacial score (nSPS) is 12.4. The molecule has 0 aliphatic heterocycles. The summed E-state index contributed by atoms with van der Waals surface area (Å²) in [4.78, 5) is 20.4. The minimum Gasteiger partial charge on any atom is -0.406 e. The van der Waals surface area contributed by atoms with Crippen LogP contribution in [-0.2, 0) is 9.84 Å². The highest BCUT2D eigenvalue weighted by molar-refractivity contribution is 7.91. The average Bonchev–Trinajstić information content (AvgIpc) is 3.29. The van der Waals surface area contributed by atoms with Gasteiger partial charge in [-0.3, -0.25) is 4.79 Å². The fraction of sp³-hybridized carbons (Fsp3) is 0.125. The second-order valence-corrected chi connectivity index (χ2v) is 10.5. The van der Waals surface area contributed by atoms with E-state index in [0.717, 1.165) is 12.1 Å². The van der Waals surface area contributed by atoms with Gasteiger partial charge in [-0.05, 0) is 61.5 Å². The van der Waals surface area contributed by atoms with Crippen molar-refractivity contribution in [3.63, 3.8) is 0 Å². The summed E-state index contributed by atoms with van der Waals surface area (Å²) in [5, 5.41) is 15.8. The van der Waals surface area contributed by atoms with Gasteiger partial charge >= 0.3 is 6.36 Å². The van der Waals surface area contributed by atoms with Gasteiger partial charge in [0.15, 0.2) is 11.6 Å². The Morgan fingerprint density at radius 2 is 1.85 bits per heavy atom. The number of nitrogens with two attached hydrogens (primary N) is 1. The zero-order valence-electron chi connectivity index (χ0n) is 20.2. The van der Waals surface area contributed by atoms with Gasteiger partial charge in [-0.2, -0.15) is 14.9 Å². The van der Waals surface area contributed by atoms with Crippen LogP contribution in [0.4, 0.5) is 19.1 Å². The van der Waals surface area contributed by atoms with Gasteiger partial charge in [-0.15, -0.1) is 18.3 Å².